The Morgan fingerprint density at radius 1 is 1.07 bits per heavy atom. The second-order valence-electron chi connectivity index (χ2n) is 13.7. The van der Waals surface area contributed by atoms with Crippen LogP contribution >= 0.6 is 0 Å². The smallest absolute Gasteiger partial charge is 0.337 e. The van der Waals surface area contributed by atoms with E-state index in [1.165, 1.54) is 0 Å². The molecule has 2 unspecified atom stereocenters. The van der Waals surface area contributed by atoms with Crippen molar-refractivity contribution in [2.75, 3.05) is 18.0 Å². The van der Waals surface area contributed by atoms with Crippen molar-refractivity contribution < 1.29 is 19.4 Å². The number of aliphatic carboxylic acids is 1. The summed E-state index contributed by atoms with van der Waals surface area (Å²) in [5.74, 6) is -0.130. The number of rotatable bonds is 6. The summed E-state index contributed by atoms with van der Waals surface area (Å²) in [5.41, 5.74) is 7.85. The second kappa shape index (κ2) is 11.3. The first-order valence-corrected chi connectivity index (χ1v) is 15.1. The van der Waals surface area contributed by atoms with Gasteiger partial charge in [-0.1, -0.05) is 26.0 Å². The number of carboxylic acid groups (broad SMARTS) is 1. The molecule has 1 aromatic carbocycles. The van der Waals surface area contributed by atoms with Crippen LogP contribution < -0.4 is 9.64 Å². The van der Waals surface area contributed by atoms with E-state index in [1.807, 2.05) is 59.7 Å². The summed E-state index contributed by atoms with van der Waals surface area (Å²) in [6, 6.07) is 12.4. The lowest BCUT2D eigenvalue weighted by molar-refractivity contribution is -0.160. The van der Waals surface area contributed by atoms with Crippen molar-refractivity contribution in [1.29, 1.82) is 0 Å². The number of fused-ring (bicyclic) bond motifs is 1. The quantitative estimate of drug-likeness (QED) is 0.324. The van der Waals surface area contributed by atoms with E-state index in [4.69, 9.17) is 19.4 Å². The van der Waals surface area contributed by atoms with Crippen molar-refractivity contribution in [2.45, 2.75) is 98.9 Å². The number of anilines is 1. The molecule has 4 heterocycles. The Morgan fingerprint density at radius 2 is 1.79 bits per heavy atom. The Hall–Kier alpha value is -3.45. The van der Waals surface area contributed by atoms with Crippen molar-refractivity contribution >= 4 is 11.7 Å². The number of aromatic nitrogens is 2. The van der Waals surface area contributed by atoms with Crippen LogP contribution in [0.5, 0.6) is 5.75 Å². The molecule has 2 atom stereocenters. The molecule has 2 aliphatic heterocycles. The van der Waals surface area contributed by atoms with Crippen LogP contribution in [0.2, 0.25) is 0 Å². The van der Waals surface area contributed by atoms with Crippen LogP contribution in [0.3, 0.4) is 0 Å². The fourth-order valence-electron chi connectivity index (χ4n) is 6.25. The van der Waals surface area contributed by atoms with Crippen LogP contribution in [0.4, 0.5) is 5.69 Å². The van der Waals surface area contributed by atoms with E-state index >= 15 is 0 Å². The molecule has 0 aliphatic carbocycles. The molecule has 1 N–H and O–H groups in total. The van der Waals surface area contributed by atoms with Gasteiger partial charge in [0.25, 0.3) is 0 Å². The Morgan fingerprint density at radius 3 is 2.43 bits per heavy atom. The number of carboxylic acids is 1. The molecule has 0 bridgehead atoms. The van der Waals surface area contributed by atoms with E-state index in [-0.39, 0.29) is 11.5 Å². The van der Waals surface area contributed by atoms with E-state index in [0.29, 0.717) is 11.3 Å². The molecule has 0 spiro atoms. The molecular formula is C35H45N3O4. The van der Waals surface area contributed by atoms with E-state index in [2.05, 4.69) is 36.9 Å². The maximum atomic E-state index is 12.8. The van der Waals surface area contributed by atoms with Crippen LogP contribution in [0.1, 0.15) is 100.0 Å². The molecule has 5 rings (SSSR count). The van der Waals surface area contributed by atoms with Crippen molar-refractivity contribution in [3.63, 3.8) is 0 Å². The molecule has 1 fully saturated rings. The zero-order valence-corrected chi connectivity index (χ0v) is 26.4. The molecule has 3 aromatic rings. The highest BCUT2D eigenvalue weighted by atomic mass is 16.5. The second-order valence-corrected chi connectivity index (χ2v) is 13.7. The number of ether oxygens (including phenoxy) is 2. The van der Waals surface area contributed by atoms with Gasteiger partial charge in [0.05, 0.1) is 17.0 Å². The van der Waals surface area contributed by atoms with Crippen molar-refractivity contribution in [1.82, 2.24) is 9.97 Å². The van der Waals surface area contributed by atoms with Crippen molar-refractivity contribution in [2.24, 2.45) is 5.41 Å². The largest absolute Gasteiger partial charge is 0.484 e. The van der Waals surface area contributed by atoms with Crippen molar-refractivity contribution in [3.8, 4) is 16.9 Å². The molecule has 2 aromatic heterocycles. The predicted molar refractivity (Wildman–Crippen MR) is 166 cm³/mol. The number of carbonyl (C=O) groups is 1. The van der Waals surface area contributed by atoms with Crippen LogP contribution in [-0.2, 0) is 16.0 Å². The van der Waals surface area contributed by atoms with E-state index in [0.717, 1.165) is 84.0 Å². The number of hydrogen-bond donors (Lipinski definition) is 1. The number of aryl methyl sites for hydroxylation is 4. The first kappa shape index (κ1) is 30.0. The highest BCUT2D eigenvalue weighted by Crippen LogP contribution is 2.46. The highest BCUT2D eigenvalue weighted by molar-refractivity contribution is 5.88. The SMILES string of the molecule is Cc1cccc(C2CCc3cc(-c4c(C)nc(C)c(C(OC(C)(C)C)C(=O)O)c4N4CCC(C)(C)CC4)ccc3O2)n1. The summed E-state index contributed by atoms with van der Waals surface area (Å²) in [5, 5.41) is 10.5. The zero-order chi connectivity index (χ0) is 30.4. The number of nitrogens with zero attached hydrogens (tertiary/aromatic N) is 3. The standard InChI is InChI=1S/C35H45N3O4/c1-21-10-9-11-26(36-21)28-15-12-24-20-25(13-14-27(24)41-28)29-22(2)37-23(3)30(32(33(39)40)42-34(4,5)6)31(29)38-18-16-35(7,8)17-19-38/h9-11,13-14,20,28,32H,12,15-19H2,1-8H3,(H,39,40). The first-order valence-electron chi connectivity index (χ1n) is 15.1. The maximum absolute atomic E-state index is 12.8. The van der Waals surface area contributed by atoms with Gasteiger partial charge in [-0.25, -0.2) is 4.79 Å². The summed E-state index contributed by atoms with van der Waals surface area (Å²) in [6.45, 7) is 17.9. The lowest BCUT2D eigenvalue weighted by atomic mass is 9.81. The number of piperidine rings is 1. The lowest BCUT2D eigenvalue weighted by Crippen LogP contribution is -2.39. The average molecular weight is 572 g/mol. The number of benzene rings is 1. The van der Waals surface area contributed by atoms with Crippen LogP contribution in [0, 0.1) is 26.2 Å². The highest BCUT2D eigenvalue weighted by Gasteiger charge is 2.37. The van der Waals surface area contributed by atoms with Gasteiger partial charge in [-0.05, 0) is 108 Å². The Balaban J connectivity index is 1.62. The first-order chi connectivity index (χ1) is 19.7. The Kier molecular flexibility index (Phi) is 8.10. The molecule has 0 saturated carbocycles. The summed E-state index contributed by atoms with van der Waals surface area (Å²) in [7, 11) is 0. The van der Waals surface area contributed by atoms with Gasteiger partial charge in [0.1, 0.15) is 11.9 Å². The Labute approximate surface area is 250 Å². The minimum Gasteiger partial charge on any atom is -0.484 e. The average Bonchev–Trinajstić information content (AvgIpc) is 2.90. The molecule has 0 amide bonds. The fraction of sp³-hybridized carbons (Fsp3) is 0.514. The van der Waals surface area contributed by atoms with Crippen LogP contribution in [0.15, 0.2) is 36.4 Å². The van der Waals surface area contributed by atoms with Gasteiger partial charge in [0.2, 0.25) is 0 Å². The fourth-order valence-corrected chi connectivity index (χ4v) is 6.25. The van der Waals surface area contributed by atoms with Crippen molar-refractivity contribution in [3.05, 3.63) is 70.3 Å². The van der Waals surface area contributed by atoms with E-state index < -0.39 is 17.7 Å². The maximum Gasteiger partial charge on any atom is 0.337 e. The minimum absolute atomic E-state index is 0.0734. The van der Waals surface area contributed by atoms with Gasteiger partial charge in [-0.2, -0.15) is 0 Å². The van der Waals surface area contributed by atoms with E-state index in [1.54, 1.807) is 0 Å². The van der Waals surface area contributed by atoms with Gasteiger partial charge in [0, 0.05) is 41.3 Å². The molecule has 0 radical (unpaired) electrons. The van der Waals surface area contributed by atoms with Gasteiger partial charge in [0.15, 0.2) is 6.10 Å². The molecule has 42 heavy (non-hydrogen) atoms. The summed E-state index contributed by atoms with van der Waals surface area (Å²) >= 11 is 0. The number of hydrogen-bond acceptors (Lipinski definition) is 6. The van der Waals surface area contributed by atoms with Crippen LogP contribution in [-0.4, -0.2) is 39.7 Å². The zero-order valence-electron chi connectivity index (χ0n) is 26.4. The third-order valence-electron chi connectivity index (χ3n) is 8.50. The topological polar surface area (TPSA) is 84.8 Å². The normalized spacial score (nSPS) is 19.1. The minimum atomic E-state index is -1.13. The van der Waals surface area contributed by atoms with E-state index in [9.17, 15) is 9.90 Å². The molecular weight excluding hydrogens is 526 g/mol. The monoisotopic (exact) mass is 571 g/mol. The summed E-state index contributed by atoms with van der Waals surface area (Å²) in [6.07, 6.45) is 2.55. The molecule has 224 valence electrons. The molecule has 1 saturated heterocycles. The molecule has 2 aliphatic rings. The third kappa shape index (κ3) is 6.31. The van der Waals surface area contributed by atoms with Gasteiger partial charge < -0.3 is 19.5 Å². The van der Waals surface area contributed by atoms with Gasteiger partial charge >= 0.3 is 5.97 Å². The van der Waals surface area contributed by atoms with Gasteiger partial charge in [-0.3, -0.25) is 9.97 Å². The summed E-state index contributed by atoms with van der Waals surface area (Å²) < 4.78 is 12.7. The lowest BCUT2D eigenvalue weighted by Gasteiger charge is -2.41. The molecule has 7 heteroatoms. The third-order valence-corrected chi connectivity index (χ3v) is 8.50. The van der Waals surface area contributed by atoms with Crippen LogP contribution in [0.25, 0.3) is 11.1 Å². The Bertz CT molecular complexity index is 1480. The molecule has 7 nitrogen and oxygen atoms in total. The summed E-state index contributed by atoms with van der Waals surface area (Å²) in [4.78, 5) is 24.8. The number of pyridine rings is 2. The van der Waals surface area contributed by atoms with Gasteiger partial charge in [-0.15, -0.1) is 0 Å². The predicted octanol–water partition coefficient (Wildman–Crippen LogP) is 7.70.